The number of esters is 1. The molecule has 0 aliphatic carbocycles. The van der Waals surface area contributed by atoms with Crippen molar-refractivity contribution in [3.63, 3.8) is 0 Å². The number of rotatable bonds is 13. The van der Waals surface area contributed by atoms with Crippen molar-refractivity contribution in [1.29, 1.82) is 0 Å². The zero-order chi connectivity index (χ0) is 26.7. The second-order valence-corrected chi connectivity index (χ2v) is 9.99. The number of benzene rings is 1. The zero-order valence-electron chi connectivity index (χ0n) is 20.4. The van der Waals surface area contributed by atoms with Gasteiger partial charge in [0, 0.05) is 31.5 Å². The Labute approximate surface area is 215 Å². The number of carbonyl (C=O) groups excluding carboxylic acids is 3. The van der Waals surface area contributed by atoms with E-state index in [2.05, 4.69) is 10.3 Å². The number of aromatic nitrogens is 1. The van der Waals surface area contributed by atoms with E-state index in [9.17, 15) is 22.8 Å². The van der Waals surface area contributed by atoms with E-state index in [0.717, 1.165) is 18.7 Å². The standard InChI is InChI=1S/C24H30ClN3O7S/c1-4-16(3)15-35-24(31)20-9-7-18(14-27-20)23(30)28-36(32,33)21-10-8-17(13-19(21)25)22(29)26-11-6-12-34-5-2/h7-10,13-14,16H,4-6,11-12,15H2,1-3H3,(H,26,29)(H,28,30). The fourth-order valence-corrected chi connectivity index (χ4v) is 4.30. The minimum atomic E-state index is -4.35. The lowest BCUT2D eigenvalue weighted by molar-refractivity contribution is 0.0439. The summed E-state index contributed by atoms with van der Waals surface area (Å²) in [4.78, 5) is 40.3. The molecule has 1 aromatic heterocycles. The van der Waals surface area contributed by atoms with Gasteiger partial charge < -0.3 is 14.8 Å². The Morgan fingerprint density at radius 1 is 1.08 bits per heavy atom. The molecule has 1 aromatic carbocycles. The molecule has 36 heavy (non-hydrogen) atoms. The molecular formula is C24H30ClN3O7S. The third kappa shape index (κ3) is 8.58. The molecule has 0 aliphatic heterocycles. The van der Waals surface area contributed by atoms with Crippen LogP contribution in [0.3, 0.4) is 0 Å². The van der Waals surface area contributed by atoms with Crippen molar-refractivity contribution in [2.75, 3.05) is 26.4 Å². The zero-order valence-corrected chi connectivity index (χ0v) is 21.9. The van der Waals surface area contributed by atoms with Crippen molar-refractivity contribution in [1.82, 2.24) is 15.0 Å². The van der Waals surface area contributed by atoms with Gasteiger partial charge in [0.25, 0.3) is 21.8 Å². The highest BCUT2D eigenvalue weighted by atomic mass is 35.5. The molecule has 12 heteroatoms. The van der Waals surface area contributed by atoms with Crippen LogP contribution in [0.15, 0.2) is 41.4 Å². The number of hydrogen-bond acceptors (Lipinski definition) is 8. The van der Waals surface area contributed by atoms with E-state index < -0.39 is 27.8 Å². The average molecular weight is 540 g/mol. The van der Waals surface area contributed by atoms with Crippen LogP contribution in [0.25, 0.3) is 0 Å². The summed E-state index contributed by atoms with van der Waals surface area (Å²) in [5, 5.41) is 2.46. The van der Waals surface area contributed by atoms with E-state index in [1.54, 1.807) is 0 Å². The lowest BCUT2D eigenvalue weighted by Gasteiger charge is -2.11. The van der Waals surface area contributed by atoms with Gasteiger partial charge in [-0.1, -0.05) is 31.9 Å². The number of sulfonamides is 1. The topological polar surface area (TPSA) is 141 Å². The molecule has 2 N–H and O–H groups in total. The normalized spacial score (nSPS) is 12.0. The molecule has 0 radical (unpaired) electrons. The van der Waals surface area contributed by atoms with Crippen molar-refractivity contribution in [3.8, 4) is 0 Å². The van der Waals surface area contributed by atoms with Crippen LogP contribution in [-0.2, 0) is 19.5 Å². The summed E-state index contributed by atoms with van der Waals surface area (Å²) in [5.74, 6) is -1.82. The van der Waals surface area contributed by atoms with Crippen molar-refractivity contribution in [2.45, 2.75) is 38.5 Å². The summed E-state index contributed by atoms with van der Waals surface area (Å²) in [6.45, 7) is 7.51. The fraction of sp³-hybridized carbons (Fsp3) is 0.417. The smallest absolute Gasteiger partial charge is 0.356 e. The van der Waals surface area contributed by atoms with Crippen LogP contribution in [0.5, 0.6) is 0 Å². The third-order valence-corrected chi connectivity index (χ3v) is 6.91. The highest BCUT2D eigenvalue weighted by molar-refractivity contribution is 7.90. The molecule has 0 saturated heterocycles. The summed E-state index contributed by atoms with van der Waals surface area (Å²) in [5.41, 5.74) is 0.0745. The molecule has 196 valence electrons. The molecule has 1 atom stereocenters. The Morgan fingerprint density at radius 2 is 1.81 bits per heavy atom. The number of ether oxygens (including phenoxy) is 2. The van der Waals surface area contributed by atoms with E-state index in [0.29, 0.717) is 26.2 Å². The van der Waals surface area contributed by atoms with Crippen molar-refractivity contribution in [2.24, 2.45) is 5.92 Å². The largest absolute Gasteiger partial charge is 0.461 e. The predicted octanol–water partition coefficient (Wildman–Crippen LogP) is 3.21. The van der Waals surface area contributed by atoms with Gasteiger partial charge in [0.15, 0.2) is 0 Å². The molecule has 2 rings (SSSR count). The fourth-order valence-electron chi connectivity index (χ4n) is 2.78. The summed E-state index contributed by atoms with van der Waals surface area (Å²) >= 11 is 6.11. The van der Waals surface area contributed by atoms with Gasteiger partial charge in [0.2, 0.25) is 0 Å². The van der Waals surface area contributed by atoms with Gasteiger partial charge in [-0.25, -0.2) is 22.9 Å². The number of pyridine rings is 1. The molecule has 0 saturated carbocycles. The molecule has 2 amide bonds. The molecule has 0 fully saturated rings. The molecule has 0 aliphatic rings. The van der Waals surface area contributed by atoms with Gasteiger partial charge >= 0.3 is 5.97 Å². The Balaban J connectivity index is 2.02. The van der Waals surface area contributed by atoms with Gasteiger partial charge in [0.1, 0.15) is 10.6 Å². The van der Waals surface area contributed by atoms with E-state index in [-0.39, 0.29) is 39.3 Å². The number of halogens is 1. The minimum absolute atomic E-state index is 0.00694. The maximum Gasteiger partial charge on any atom is 0.356 e. The average Bonchev–Trinajstić information content (AvgIpc) is 2.86. The third-order valence-electron chi connectivity index (χ3n) is 5.10. The number of nitrogens with zero attached hydrogens (tertiary/aromatic N) is 1. The highest BCUT2D eigenvalue weighted by Crippen LogP contribution is 2.23. The van der Waals surface area contributed by atoms with Crippen LogP contribution < -0.4 is 10.0 Å². The van der Waals surface area contributed by atoms with Crippen molar-refractivity contribution in [3.05, 3.63) is 58.4 Å². The van der Waals surface area contributed by atoms with Crippen LogP contribution in [0.1, 0.15) is 64.8 Å². The van der Waals surface area contributed by atoms with E-state index in [1.165, 1.54) is 24.3 Å². The second-order valence-electron chi connectivity index (χ2n) is 7.93. The SMILES string of the molecule is CCOCCCNC(=O)c1ccc(S(=O)(=O)NC(=O)c2ccc(C(=O)OCC(C)CC)nc2)c(Cl)c1. The van der Waals surface area contributed by atoms with Gasteiger partial charge in [-0.2, -0.15) is 0 Å². The predicted molar refractivity (Wildman–Crippen MR) is 134 cm³/mol. The van der Waals surface area contributed by atoms with Gasteiger partial charge in [-0.3, -0.25) is 9.59 Å². The summed E-state index contributed by atoms with van der Waals surface area (Å²) in [7, 11) is -4.35. The molecule has 1 heterocycles. The van der Waals surface area contributed by atoms with Crippen LogP contribution in [0.2, 0.25) is 5.02 Å². The molecule has 1 unspecified atom stereocenters. The summed E-state index contributed by atoms with van der Waals surface area (Å²) < 4.78 is 37.7. The van der Waals surface area contributed by atoms with Crippen LogP contribution in [0.4, 0.5) is 0 Å². The molecular weight excluding hydrogens is 510 g/mol. The van der Waals surface area contributed by atoms with Crippen LogP contribution >= 0.6 is 11.6 Å². The van der Waals surface area contributed by atoms with Gasteiger partial charge in [-0.05, 0) is 49.6 Å². The lowest BCUT2D eigenvalue weighted by Crippen LogP contribution is -2.31. The maximum absolute atomic E-state index is 12.7. The first-order valence-corrected chi connectivity index (χ1v) is 13.3. The minimum Gasteiger partial charge on any atom is -0.461 e. The number of carbonyl (C=O) groups is 3. The lowest BCUT2D eigenvalue weighted by atomic mass is 10.1. The van der Waals surface area contributed by atoms with E-state index in [4.69, 9.17) is 21.1 Å². The Morgan fingerprint density at radius 3 is 2.42 bits per heavy atom. The Hall–Kier alpha value is -3.02. The van der Waals surface area contributed by atoms with Crippen molar-refractivity contribution >= 4 is 39.4 Å². The molecule has 2 aromatic rings. The number of hydrogen-bond donors (Lipinski definition) is 2. The highest BCUT2D eigenvalue weighted by Gasteiger charge is 2.23. The quantitative estimate of drug-likeness (QED) is 0.292. The second kappa shape index (κ2) is 13.9. The first-order valence-electron chi connectivity index (χ1n) is 11.4. The molecule has 0 spiro atoms. The van der Waals surface area contributed by atoms with Crippen LogP contribution in [-0.4, -0.2) is 57.6 Å². The summed E-state index contributed by atoms with van der Waals surface area (Å²) in [6, 6.07) is 6.18. The maximum atomic E-state index is 12.7. The monoisotopic (exact) mass is 539 g/mol. The molecule has 0 bridgehead atoms. The summed E-state index contributed by atoms with van der Waals surface area (Å²) in [6.07, 6.45) is 2.55. The van der Waals surface area contributed by atoms with Crippen molar-refractivity contribution < 1.29 is 32.3 Å². The number of nitrogens with one attached hydrogen (secondary N) is 2. The first-order chi connectivity index (χ1) is 17.1. The van der Waals surface area contributed by atoms with E-state index >= 15 is 0 Å². The first kappa shape index (κ1) is 29.2. The Kier molecular flexibility index (Phi) is 11.3. The Bertz CT molecular complexity index is 1170. The molecule has 10 nitrogen and oxygen atoms in total. The van der Waals surface area contributed by atoms with Crippen LogP contribution in [0, 0.1) is 5.92 Å². The van der Waals surface area contributed by atoms with Gasteiger partial charge in [-0.15, -0.1) is 0 Å². The van der Waals surface area contributed by atoms with Gasteiger partial charge in [0.05, 0.1) is 17.2 Å². The number of amides is 2. The van der Waals surface area contributed by atoms with E-state index in [1.807, 2.05) is 25.5 Å².